The van der Waals surface area contributed by atoms with E-state index in [1.807, 2.05) is 0 Å². The van der Waals surface area contributed by atoms with Gasteiger partial charge in [-0.25, -0.2) is 4.79 Å². The monoisotopic (exact) mass is 481 g/mol. The van der Waals surface area contributed by atoms with Gasteiger partial charge in [-0.1, -0.05) is 12.1 Å². The summed E-state index contributed by atoms with van der Waals surface area (Å²) in [5.74, 6) is -6.13. The predicted molar refractivity (Wildman–Crippen MR) is 115 cm³/mol. The third-order valence-electron chi connectivity index (χ3n) is 4.47. The second-order valence-electron chi connectivity index (χ2n) is 7.32. The summed E-state index contributed by atoms with van der Waals surface area (Å²) in [6.07, 6.45) is -1.43. The number of nitrogens with two attached hydrogens (primary N) is 2. The summed E-state index contributed by atoms with van der Waals surface area (Å²) >= 11 is 0. The van der Waals surface area contributed by atoms with Gasteiger partial charge in [0.05, 0.1) is 19.0 Å². The zero-order valence-electron chi connectivity index (χ0n) is 18.0. The van der Waals surface area contributed by atoms with Crippen molar-refractivity contribution in [2.75, 3.05) is 6.54 Å². The Kier molecular flexibility index (Phi) is 10.9. The van der Waals surface area contributed by atoms with Gasteiger partial charge in [0.1, 0.15) is 17.8 Å². The maximum Gasteiger partial charge on any atom is 0.326 e. The number of phenols is 1. The number of aliphatic carboxylic acids is 2. The number of nitrogens with one attached hydrogen (secondary N) is 3. The Bertz CT molecular complexity index is 920. The second-order valence-corrected chi connectivity index (χ2v) is 7.32. The molecule has 0 aromatic heterocycles. The molecule has 34 heavy (non-hydrogen) atoms. The van der Waals surface area contributed by atoms with E-state index in [0.29, 0.717) is 5.56 Å². The fraction of sp³-hybridized carbons (Fsp3) is 0.400. The van der Waals surface area contributed by atoms with Gasteiger partial charge in [-0.3, -0.25) is 24.0 Å². The summed E-state index contributed by atoms with van der Waals surface area (Å²) in [7, 11) is 0. The minimum atomic E-state index is -1.39. The van der Waals surface area contributed by atoms with Gasteiger partial charge < -0.3 is 42.7 Å². The standard InChI is InChI=1S/C20H27N5O9/c21-12(8-15(22)27)18(31)25-13(5-6-17(29)30)19(32)23-9-16(28)24-14(20(33)34)7-10-1-3-11(26)4-2-10/h1-4,12-14,26H,5-9,21H2,(H2,22,27)(H,23,32)(H,24,28)(H,25,31)(H,29,30)(H,33,34). The summed E-state index contributed by atoms with van der Waals surface area (Å²) in [6.45, 7) is -0.662. The molecule has 1 rings (SSSR count). The van der Waals surface area contributed by atoms with Crippen molar-refractivity contribution in [3.8, 4) is 5.75 Å². The van der Waals surface area contributed by atoms with E-state index in [1.165, 1.54) is 24.3 Å². The van der Waals surface area contributed by atoms with Gasteiger partial charge in [-0.2, -0.15) is 0 Å². The zero-order valence-corrected chi connectivity index (χ0v) is 18.0. The van der Waals surface area contributed by atoms with Crippen molar-refractivity contribution in [2.24, 2.45) is 11.5 Å². The lowest BCUT2D eigenvalue weighted by atomic mass is 10.1. The highest BCUT2D eigenvalue weighted by atomic mass is 16.4. The first kappa shape index (κ1) is 27.8. The van der Waals surface area contributed by atoms with Crippen molar-refractivity contribution in [2.45, 2.75) is 43.8 Å². The van der Waals surface area contributed by atoms with Crippen LogP contribution >= 0.6 is 0 Å². The van der Waals surface area contributed by atoms with E-state index in [4.69, 9.17) is 16.6 Å². The average Bonchev–Trinajstić information content (AvgIpc) is 2.75. The first-order chi connectivity index (χ1) is 15.9. The number of aromatic hydroxyl groups is 1. The SMILES string of the molecule is NC(=O)CC(N)C(=O)NC(CCC(=O)O)C(=O)NCC(=O)NC(Cc1ccc(O)cc1)C(=O)O. The van der Waals surface area contributed by atoms with E-state index in [-0.39, 0.29) is 18.6 Å². The van der Waals surface area contributed by atoms with Crippen molar-refractivity contribution in [1.82, 2.24) is 16.0 Å². The summed E-state index contributed by atoms with van der Waals surface area (Å²) in [6, 6.07) is 1.60. The van der Waals surface area contributed by atoms with E-state index in [1.54, 1.807) is 0 Å². The van der Waals surface area contributed by atoms with Crippen molar-refractivity contribution < 1.29 is 44.1 Å². The maximum atomic E-state index is 12.4. The minimum absolute atomic E-state index is 0.0116. The van der Waals surface area contributed by atoms with Gasteiger partial charge in [-0.05, 0) is 24.1 Å². The molecule has 3 atom stereocenters. The molecule has 3 unspecified atom stereocenters. The number of hydrogen-bond acceptors (Lipinski definition) is 8. The van der Waals surface area contributed by atoms with Gasteiger partial charge in [-0.15, -0.1) is 0 Å². The number of rotatable bonds is 14. The van der Waals surface area contributed by atoms with Crippen LogP contribution in [0.5, 0.6) is 5.75 Å². The third kappa shape index (κ3) is 10.4. The van der Waals surface area contributed by atoms with E-state index >= 15 is 0 Å². The molecule has 1 aromatic rings. The molecular formula is C20H27N5O9. The normalized spacial score (nSPS) is 13.1. The molecule has 4 amide bonds. The first-order valence-corrected chi connectivity index (χ1v) is 10.0. The van der Waals surface area contributed by atoms with Gasteiger partial charge in [0.2, 0.25) is 23.6 Å². The van der Waals surface area contributed by atoms with Crippen LogP contribution in [0.2, 0.25) is 0 Å². The molecule has 0 aliphatic carbocycles. The van der Waals surface area contributed by atoms with Crippen LogP contribution in [0.25, 0.3) is 0 Å². The number of primary amides is 1. The van der Waals surface area contributed by atoms with E-state index in [0.717, 1.165) is 0 Å². The highest BCUT2D eigenvalue weighted by Gasteiger charge is 2.26. The minimum Gasteiger partial charge on any atom is -0.508 e. The van der Waals surface area contributed by atoms with Crippen LogP contribution in [-0.4, -0.2) is 75.6 Å². The van der Waals surface area contributed by atoms with Crippen molar-refractivity contribution in [3.05, 3.63) is 29.8 Å². The molecule has 186 valence electrons. The van der Waals surface area contributed by atoms with Crippen LogP contribution in [0.1, 0.15) is 24.8 Å². The number of amides is 4. The van der Waals surface area contributed by atoms with E-state index < -0.39 is 73.1 Å². The Hall–Kier alpha value is -4.20. The van der Waals surface area contributed by atoms with Crippen LogP contribution in [-0.2, 0) is 35.2 Å². The molecule has 0 aliphatic rings. The second kappa shape index (κ2) is 13.4. The third-order valence-corrected chi connectivity index (χ3v) is 4.47. The van der Waals surface area contributed by atoms with Crippen molar-refractivity contribution in [1.29, 1.82) is 0 Å². The fourth-order valence-corrected chi connectivity index (χ4v) is 2.73. The van der Waals surface area contributed by atoms with E-state index in [2.05, 4.69) is 16.0 Å². The number of carboxylic acid groups (broad SMARTS) is 2. The molecular weight excluding hydrogens is 454 g/mol. The Labute approximate surface area is 193 Å². The molecule has 10 N–H and O–H groups in total. The van der Waals surface area contributed by atoms with Crippen LogP contribution in [0.3, 0.4) is 0 Å². The Morgan fingerprint density at radius 1 is 0.912 bits per heavy atom. The van der Waals surface area contributed by atoms with Gasteiger partial charge >= 0.3 is 11.9 Å². The Morgan fingerprint density at radius 2 is 1.53 bits per heavy atom. The lowest BCUT2D eigenvalue weighted by Gasteiger charge is -2.20. The lowest BCUT2D eigenvalue weighted by molar-refractivity contribution is -0.141. The Morgan fingerprint density at radius 3 is 2.06 bits per heavy atom. The van der Waals surface area contributed by atoms with Crippen molar-refractivity contribution >= 4 is 35.6 Å². The molecule has 0 saturated heterocycles. The highest BCUT2D eigenvalue weighted by Crippen LogP contribution is 2.11. The molecule has 0 heterocycles. The van der Waals surface area contributed by atoms with Gasteiger partial charge in [0.25, 0.3) is 0 Å². The quantitative estimate of drug-likeness (QED) is 0.135. The fourth-order valence-electron chi connectivity index (χ4n) is 2.73. The molecule has 1 aromatic carbocycles. The topological polar surface area (TPSA) is 251 Å². The largest absolute Gasteiger partial charge is 0.508 e. The molecule has 0 aliphatic heterocycles. The van der Waals surface area contributed by atoms with Crippen LogP contribution in [0.15, 0.2) is 24.3 Å². The van der Waals surface area contributed by atoms with Crippen LogP contribution in [0, 0.1) is 0 Å². The first-order valence-electron chi connectivity index (χ1n) is 10.0. The lowest BCUT2D eigenvalue weighted by Crippen LogP contribution is -2.54. The van der Waals surface area contributed by atoms with Crippen molar-refractivity contribution in [3.63, 3.8) is 0 Å². The number of carbonyl (C=O) groups excluding carboxylic acids is 4. The van der Waals surface area contributed by atoms with Crippen LogP contribution < -0.4 is 27.4 Å². The molecule has 14 heteroatoms. The molecule has 0 saturated carbocycles. The molecule has 14 nitrogen and oxygen atoms in total. The summed E-state index contributed by atoms with van der Waals surface area (Å²) in [5.41, 5.74) is 11.0. The number of phenolic OH excluding ortho intramolecular Hbond substituents is 1. The number of benzene rings is 1. The molecule has 0 fully saturated rings. The van der Waals surface area contributed by atoms with Gasteiger partial charge in [0.15, 0.2) is 0 Å². The number of carboxylic acids is 2. The molecule has 0 radical (unpaired) electrons. The smallest absolute Gasteiger partial charge is 0.326 e. The summed E-state index contributed by atoms with van der Waals surface area (Å²) in [5, 5.41) is 34.1. The summed E-state index contributed by atoms with van der Waals surface area (Å²) in [4.78, 5) is 69.8. The molecule has 0 bridgehead atoms. The average molecular weight is 481 g/mol. The Balaban J connectivity index is 2.71. The maximum absolute atomic E-state index is 12.4. The highest BCUT2D eigenvalue weighted by molar-refractivity contribution is 5.94. The number of carbonyl (C=O) groups is 6. The predicted octanol–water partition coefficient (Wildman–Crippen LogP) is -2.83. The van der Waals surface area contributed by atoms with Crippen LogP contribution in [0.4, 0.5) is 0 Å². The van der Waals surface area contributed by atoms with E-state index in [9.17, 15) is 39.0 Å². The zero-order chi connectivity index (χ0) is 25.8. The summed E-state index contributed by atoms with van der Waals surface area (Å²) < 4.78 is 0. The molecule has 0 spiro atoms. The number of hydrogen-bond donors (Lipinski definition) is 8. The van der Waals surface area contributed by atoms with Gasteiger partial charge in [0, 0.05) is 12.8 Å².